The van der Waals surface area contributed by atoms with Crippen LogP contribution in [0.5, 0.6) is 0 Å². The van der Waals surface area contributed by atoms with Gasteiger partial charge < -0.3 is 0 Å². The molecule has 0 aromatic heterocycles. The van der Waals surface area contributed by atoms with E-state index in [4.69, 9.17) is 5.84 Å². The summed E-state index contributed by atoms with van der Waals surface area (Å²) in [5.74, 6) is 12.0. The van der Waals surface area contributed by atoms with Crippen molar-refractivity contribution in [2.45, 2.75) is 70.9 Å². The standard InChI is InChI=1S/C15H29N3/c1-4-7-8-11-14(17-16)15(12-9-10-13-15)18(5-2)6-3/h14,17H,5-6,8-13,16H2,1-3H3. The summed E-state index contributed by atoms with van der Waals surface area (Å²) in [6, 6.07) is 0.362. The van der Waals surface area contributed by atoms with Crippen LogP contribution in [-0.4, -0.2) is 29.6 Å². The molecule has 0 radical (unpaired) electrons. The molecule has 1 rings (SSSR count). The molecule has 1 aliphatic rings. The summed E-state index contributed by atoms with van der Waals surface area (Å²) in [4.78, 5) is 2.60. The number of likely N-dealkylation sites (N-methyl/N-ethyl adjacent to an activating group) is 1. The molecular formula is C15H29N3. The lowest BCUT2D eigenvalue weighted by molar-refractivity contribution is 0.0602. The molecule has 3 N–H and O–H groups in total. The Kier molecular flexibility index (Phi) is 6.70. The van der Waals surface area contributed by atoms with Crippen molar-refractivity contribution in [1.82, 2.24) is 10.3 Å². The Morgan fingerprint density at radius 2 is 1.89 bits per heavy atom. The van der Waals surface area contributed by atoms with Gasteiger partial charge in [0.1, 0.15) is 0 Å². The van der Waals surface area contributed by atoms with Crippen molar-refractivity contribution in [2.24, 2.45) is 5.84 Å². The van der Waals surface area contributed by atoms with Gasteiger partial charge >= 0.3 is 0 Å². The number of nitrogens with one attached hydrogen (secondary N) is 1. The minimum absolute atomic E-state index is 0.258. The van der Waals surface area contributed by atoms with Crippen LogP contribution in [0.25, 0.3) is 0 Å². The third kappa shape index (κ3) is 3.26. The van der Waals surface area contributed by atoms with Gasteiger partial charge in [-0.1, -0.05) is 26.7 Å². The van der Waals surface area contributed by atoms with Crippen molar-refractivity contribution in [3.63, 3.8) is 0 Å². The van der Waals surface area contributed by atoms with Crippen LogP contribution in [0.3, 0.4) is 0 Å². The summed E-state index contributed by atoms with van der Waals surface area (Å²) < 4.78 is 0. The van der Waals surface area contributed by atoms with E-state index in [1.807, 2.05) is 6.92 Å². The maximum atomic E-state index is 5.84. The average molecular weight is 251 g/mol. The lowest BCUT2D eigenvalue weighted by Gasteiger charge is -2.46. The zero-order chi connectivity index (χ0) is 13.4. The highest BCUT2D eigenvalue weighted by Gasteiger charge is 2.44. The topological polar surface area (TPSA) is 41.3 Å². The van der Waals surface area contributed by atoms with Crippen LogP contribution in [0.15, 0.2) is 0 Å². The Hall–Kier alpha value is -0.560. The molecule has 0 aromatic carbocycles. The lowest BCUT2D eigenvalue weighted by atomic mass is 9.83. The Balaban J connectivity index is 2.81. The third-order valence-corrected chi connectivity index (χ3v) is 4.45. The van der Waals surface area contributed by atoms with Crippen molar-refractivity contribution in [1.29, 1.82) is 0 Å². The van der Waals surface area contributed by atoms with E-state index in [2.05, 4.69) is 36.0 Å². The van der Waals surface area contributed by atoms with Crippen LogP contribution >= 0.6 is 0 Å². The molecule has 18 heavy (non-hydrogen) atoms. The molecule has 0 aliphatic heterocycles. The van der Waals surface area contributed by atoms with Gasteiger partial charge in [0, 0.05) is 18.0 Å². The number of hydrogen-bond acceptors (Lipinski definition) is 3. The highest BCUT2D eigenvalue weighted by molar-refractivity contribution is 5.05. The number of rotatable bonds is 7. The minimum Gasteiger partial charge on any atom is -0.297 e. The van der Waals surface area contributed by atoms with Crippen molar-refractivity contribution >= 4 is 0 Å². The van der Waals surface area contributed by atoms with E-state index in [0.717, 1.165) is 25.9 Å². The summed E-state index contributed by atoms with van der Waals surface area (Å²) in [5.41, 5.74) is 3.34. The van der Waals surface area contributed by atoms with Gasteiger partial charge in [0.05, 0.1) is 0 Å². The zero-order valence-electron chi connectivity index (χ0n) is 12.3. The molecule has 0 saturated heterocycles. The molecule has 0 heterocycles. The normalized spacial score (nSPS) is 19.6. The monoisotopic (exact) mass is 251 g/mol. The molecule has 0 aromatic rings. The molecule has 1 saturated carbocycles. The summed E-state index contributed by atoms with van der Waals surface area (Å²) in [6.45, 7) is 8.62. The maximum Gasteiger partial charge on any atom is 0.0403 e. The first kappa shape index (κ1) is 15.5. The maximum absolute atomic E-state index is 5.84. The summed E-state index contributed by atoms with van der Waals surface area (Å²) in [6.07, 6.45) is 7.18. The Morgan fingerprint density at radius 1 is 1.28 bits per heavy atom. The molecule has 0 amide bonds. The minimum atomic E-state index is 0.258. The second-order valence-corrected chi connectivity index (χ2v) is 5.17. The predicted octanol–water partition coefficient (Wildman–Crippen LogP) is 2.28. The largest absolute Gasteiger partial charge is 0.297 e. The van der Waals surface area contributed by atoms with Gasteiger partial charge in [0.15, 0.2) is 0 Å². The number of nitrogens with two attached hydrogens (primary N) is 1. The molecule has 1 unspecified atom stereocenters. The first-order valence-electron chi connectivity index (χ1n) is 7.36. The van der Waals surface area contributed by atoms with Gasteiger partial charge in [-0.3, -0.25) is 16.2 Å². The van der Waals surface area contributed by atoms with Crippen LogP contribution in [0.1, 0.15) is 59.3 Å². The predicted molar refractivity (Wildman–Crippen MR) is 77.9 cm³/mol. The van der Waals surface area contributed by atoms with Crippen LogP contribution in [0, 0.1) is 11.8 Å². The second kappa shape index (κ2) is 7.78. The van der Waals surface area contributed by atoms with Gasteiger partial charge in [-0.05, 0) is 39.3 Å². The van der Waals surface area contributed by atoms with Gasteiger partial charge in [-0.2, -0.15) is 0 Å². The second-order valence-electron chi connectivity index (χ2n) is 5.17. The van der Waals surface area contributed by atoms with Gasteiger partial charge in [0.2, 0.25) is 0 Å². The SMILES string of the molecule is CC#CCCC(NN)C1(N(CC)CC)CCCC1. The van der Waals surface area contributed by atoms with Crippen molar-refractivity contribution in [2.75, 3.05) is 13.1 Å². The molecule has 0 spiro atoms. The highest BCUT2D eigenvalue weighted by atomic mass is 15.3. The number of hydrazine groups is 1. The van der Waals surface area contributed by atoms with Crippen molar-refractivity contribution in [3.05, 3.63) is 0 Å². The van der Waals surface area contributed by atoms with Crippen LogP contribution in [0.4, 0.5) is 0 Å². The summed E-state index contributed by atoms with van der Waals surface area (Å²) >= 11 is 0. The van der Waals surface area contributed by atoms with E-state index in [-0.39, 0.29) is 5.54 Å². The fourth-order valence-electron chi connectivity index (χ4n) is 3.57. The van der Waals surface area contributed by atoms with E-state index in [9.17, 15) is 0 Å². The molecule has 0 bridgehead atoms. The van der Waals surface area contributed by atoms with Crippen LogP contribution < -0.4 is 11.3 Å². The van der Waals surface area contributed by atoms with E-state index >= 15 is 0 Å². The molecule has 3 heteroatoms. The summed E-state index contributed by atoms with van der Waals surface area (Å²) in [7, 11) is 0. The highest BCUT2D eigenvalue weighted by Crippen LogP contribution is 2.39. The summed E-state index contributed by atoms with van der Waals surface area (Å²) in [5, 5.41) is 0. The number of hydrogen-bond donors (Lipinski definition) is 2. The molecule has 3 nitrogen and oxygen atoms in total. The van der Waals surface area contributed by atoms with Gasteiger partial charge in [-0.15, -0.1) is 11.8 Å². The lowest BCUT2D eigenvalue weighted by Crippen LogP contribution is -2.61. The average Bonchev–Trinajstić information content (AvgIpc) is 2.86. The van der Waals surface area contributed by atoms with E-state index in [0.29, 0.717) is 6.04 Å². The van der Waals surface area contributed by atoms with Crippen molar-refractivity contribution < 1.29 is 0 Å². The smallest absolute Gasteiger partial charge is 0.0403 e. The molecule has 1 fully saturated rings. The Bertz CT molecular complexity index is 280. The first-order chi connectivity index (χ1) is 8.75. The van der Waals surface area contributed by atoms with Gasteiger partial charge in [0.25, 0.3) is 0 Å². The Labute approximate surface area is 112 Å². The van der Waals surface area contributed by atoms with E-state index in [1.54, 1.807) is 0 Å². The van der Waals surface area contributed by atoms with Crippen LogP contribution in [-0.2, 0) is 0 Å². The van der Waals surface area contributed by atoms with Gasteiger partial charge in [-0.25, -0.2) is 0 Å². The number of nitrogens with zero attached hydrogens (tertiary/aromatic N) is 1. The molecule has 1 aliphatic carbocycles. The first-order valence-corrected chi connectivity index (χ1v) is 7.36. The van der Waals surface area contributed by atoms with E-state index in [1.165, 1.54) is 25.7 Å². The molecule has 104 valence electrons. The van der Waals surface area contributed by atoms with Crippen LogP contribution in [0.2, 0.25) is 0 Å². The quantitative estimate of drug-likeness (QED) is 0.414. The van der Waals surface area contributed by atoms with Crippen molar-refractivity contribution in [3.8, 4) is 11.8 Å². The zero-order valence-corrected chi connectivity index (χ0v) is 12.3. The molecular weight excluding hydrogens is 222 g/mol. The molecule has 1 atom stereocenters. The Morgan fingerprint density at radius 3 is 2.33 bits per heavy atom. The fourth-order valence-corrected chi connectivity index (χ4v) is 3.57. The third-order valence-electron chi connectivity index (χ3n) is 4.45. The fraction of sp³-hybridized carbons (Fsp3) is 0.867. The van der Waals surface area contributed by atoms with E-state index < -0.39 is 0 Å².